The van der Waals surface area contributed by atoms with Crippen molar-refractivity contribution in [3.05, 3.63) is 39.7 Å². The fraction of sp³-hybridized carbons (Fsp3) is 0.579. The SMILES string of the molecule is Cc1ccc(-c2n[nH]c(C(Br)C3C(C)CC(C)CC3C)n2)cc1[N+](=O)[O-]. The summed E-state index contributed by atoms with van der Waals surface area (Å²) in [6.07, 6.45) is 2.45. The zero-order chi connectivity index (χ0) is 19.0. The highest BCUT2D eigenvalue weighted by molar-refractivity contribution is 9.09. The Kier molecular flexibility index (Phi) is 5.46. The molecule has 1 N–H and O–H groups in total. The molecule has 1 heterocycles. The van der Waals surface area contributed by atoms with Gasteiger partial charge in [-0.2, -0.15) is 5.10 Å². The summed E-state index contributed by atoms with van der Waals surface area (Å²) in [4.78, 5) is 15.5. The predicted molar refractivity (Wildman–Crippen MR) is 105 cm³/mol. The van der Waals surface area contributed by atoms with E-state index in [2.05, 4.69) is 51.9 Å². The lowest BCUT2D eigenvalue weighted by atomic mass is 9.68. The molecule has 0 bridgehead atoms. The number of benzene rings is 1. The van der Waals surface area contributed by atoms with E-state index in [-0.39, 0.29) is 15.4 Å². The van der Waals surface area contributed by atoms with Crippen LogP contribution in [-0.2, 0) is 0 Å². The maximum absolute atomic E-state index is 11.2. The van der Waals surface area contributed by atoms with Crippen molar-refractivity contribution in [3.8, 4) is 11.4 Å². The van der Waals surface area contributed by atoms with E-state index in [1.165, 1.54) is 12.8 Å². The summed E-state index contributed by atoms with van der Waals surface area (Å²) in [5, 5.41) is 18.5. The average Bonchev–Trinajstić information content (AvgIpc) is 3.04. The van der Waals surface area contributed by atoms with Gasteiger partial charge in [-0.15, -0.1) is 0 Å². The maximum Gasteiger partial charge on any atom is 0.273 e. The third kappa shape index (κ3) is 3.68. The van der Waals surface area contributed by atoms with E-state index >= 15 is 0 Å². The van der Waals surface area contributed by atoms with E-state index < -0.39 is 0 Å². The van der Waals surface area contributed by atoms with Gasteiger partial charge in [0.1, 0.15) is 5.82 Å². The van der Waals surface area contributed by atoms with Gasteiger partial charge in [0.05, 0.1) is 9.75 Å². The van der Waals surface area contributed by atoms with Crippen LogP contribution in [0.1, 0.15) is 49.8 Å². The van der Waals surface area contributed by atoms with Crippen molar-refractivity contribution in [3.63, 3.8) is 0 Å². The number of halogens is 1. The summed E-state index contributed by atoms with van der Waals surface area (Å²) in [5.74, 6) is 3.74. The van der Waals surface area contributed by atoms with E-state index in [0.717, 1.165) is 11.7 Å². The van der Waals surface area contributed by atoms with Crippen LogP contribution in [0.5, 0.6) is 0 Å². The van der Waals surface area contributed by atoms with Crippen LogP contribution in [0.3, 0.4) is 0 Å². The number of nitro benzene ring substituents is 1. The normalized spacial score (nSPS) is 27.3. The highest BCUT2D eigenvalue weighted by atomic mass is 79.9. The van der Waals surface area contributed by atoms with E-state index in [0.29, 0.717) is 34.7 Å². The van der Waals surface area contributed by atoms with Crippen molar-refractivity contribution in [2.75, 3.05) is 0 Å². The highest BCUT2D eigenvalue weighted by Crippen LogP contribution is 2.47. The minimum Gasteiger partial charge on any atom is -0.262 e. The van der Waals surface area contributed by atoms with Gasteiger partial charge in [0.15, 0.2) is 5.82 Å². The van der Waals surface area contributed by atoms with Gasteiger partial charge in [-0.3, -0.25) is 15.2 Å². The van der Waals surface area contributed by atoms with Gasteiger partial charge < -0.3 is 0 Å². The molecule has 1 aliphatic carbocycles. The van der Waals surface area contributed by atoms with Crippen molar-refractivity contribution >= 4 is 21.6 Å². The third-order valence-corrected chi connectivity index (χ3v) is 6.67. The van der Waals surface area contributed by atoms with E-state index in [1.807, 2.05) is 6.07 Å². The van der Waals surface area contributed by atoms with Gasteiger partial charge in [-0.05, 0) is 43.4 Å². The molecule has 0 aliphatic heterocycles. The fourth-order valence-electron chi connectivity index (χ4n) is 4.47. The van der Waals surface area contributed by atoms with Crippen LogP contribution in [0.15, 0.2) is 18.2 Å². The lowest BCUT2D eigenvalue weighted by molar-refractivity contribution is -0.385. The van der Waals surface area contributed by atoms with Crippen LogP contribution in [-0.4, -0.2) is 20.1 Å². The van der Waals surface area contributed by atoms with E-state index in [1.54, 1.807) is 19.1 Å². The first-order valence-electron chi connectivity index (χ1n) is 9.09. The molecule has 3 atom stereocenters. The van der Waals surface area contributed by atoms with E-state index in [4.69, 9.17) is 0 Å². The minimum atomic E-state index is -0.369. The van der Waals surface area contributed by atoms with Gasteiger partial charge >= 0.3 is 0 Å². The Bertz CT molecular complexity index is 795. The summed E-state index contributed by atoms with van der Waals surface area (Å²) >= 11 is 3.84. The van der Waals surface area contributed by atoms with Crippen LogP contribution < -0.4 is 0 Å². The van der Waals surface area contributed by atoms with Crippen LogP contribution in [0.4, 0.5) is 5.69 Å². The maximum atomic E-state index is 11.2. The number of hydrogen-bond donors (Lipinski definition) is 1. The van der Waals surface area contributed by atoms with Crippen LogP contribution in [0.25, 0.3) is 11.4 Å². The van der Waals surface area contributed by atoms with Crippen LogP contribution in [0, 0.1) is 40.7 Å². The van der Waals surface area contributed by atoms with Crippen LogP contribution in [0.2, 0.25) is 0 Å². The molecule has 1 aromatic carbocycles. The Morgan fingerprint density at radius 1 is 1.27 bits per heavy atom. The molecule has 140 valence electrons. The van der Waals surface area contributed by atoms with Gasteiger partial charge in [-0.1, -0.05) is 48.8 Å². The number of nitro groups is 1. The summed E-state index contributed by atoms with van der Waals surface area (Å²) in [5.41, 5.74) is 1.38. The smallest absolute Gasteiger partial charge is 0.262 e. The number of hydrogen-bond acceptors (Lipinski definition) is 4. The Morgan fingerprint density at radius 2 is 1.92 bits per heavy atom. The van der Waals surface area contributed by atoms with Crippen molar-refractivity contribution < 1.29 is 4.92 Å². The first kappa shape index (κ1) is 19.0. The Morgan fingerprint density at radius 3 is 2.54 bits per heavy atom. The number of nitrogens with one attached hydrogen (secondary N) is 1. The number of aromatic nitrogens is 3. The molecular formula is C19H25BrN4O2. The minimum absolute atomic E-state index is 0.0905. The molecule has 3 rings (SSSR count). The predicted octanol–water partition coefficient (Wildman–Crippen LogP) is 5.44. The molecule has 1 fully saturated rings. The topological polar surface area (TPSA) is 84.7 Å². The third-order valence-electron chi connectivity index (χ3n) is 5.63. The average molecular weight is 421 g/mol. The number of aromatic amines is 1. The largest absolute Gasteiger partial charge is 0.273 e. The molecule has 6 nitrogen and oxygen atoms in total. The molecule has 7 heteroatoms. The van der Waals surface area contributed by atoms with Crippen molar-refractivity contribution in [2.45, 2.75) is 45.4 Å². The van der Waals surface area contributed by atoms with Crippen molar-refractivity contribution in [1.82, 2.24) is 15.2 Å². The molecule has 0 spiro atoms. The van der Waals surface area contributed by atoms with Crippen molar-refractivity contribution in [1.29, 1.82) is 0 Å². The second-order valence-corrected chi connectivity index (χ2v) is 8.80. The standard InChI is InChI=1S/C19H25BrN4O2/c1-10-7-12(3)16(13(4)8-10)17(20)19-21-18(22-23-19)14-6-5-11(2)15(9-14)24(25)26/h5-6,9-10,12-13,16-17H,7-8H2,1-4H3,(H,21,22,23). The molecule has 1 saturated carbocycles. The zero-order valence-electron chi connectivity index (χ0n) is 15.6. The summed E-state index contributed by atoms with van der Waals surface area (Å²) < 4.78 is 0. The molecule has 0 amide bonds. The molecule has 0 radical (unpaired) electrons. The van der Waals surface area contributed by atoms with Gasteiger partial charge in [0, 0.05) is 17.2 Å². The van der Waals surface area contributed by atoms with Crippen molar-refractivity contribution in [2.24, 2.45) is 23.7 Å². The Hall–Kier alpha value is -1.76. The molecule has 1 aromatic heterocycles. The second-order valence-electron chi connectivity index (χ2n) is 7.81. The zero-order valence-corrected chi connectivity index (χ0v) is 17.2. The monoisotopic (exact) mass is 420 g/mol. The summed E-state index contributed by atoms with van der Waals surface area (Å²) in [7, 11) is 0. The molecule has 1 aliphatic rings. The number of aryl methyl sites for hydroxylation is 1. The Labute approximate surface area is 162 Å². The van der Waals surface area contributed by atoms with Gasteiger partial charge in [-0.25, -0.2) is 4.98 Å². The quantitative estimate of drug-likeness (QED) is 0.405. The lowest BCUT2D eigenvalue weighted by Crippen LogP contribution is -2.32. The van der Waals surface area contributed by atoms with Gasteiger partial charge in [0.2, 0.25) is 0 Å². The number of rotatable bonds is 4. The molecule has 3 unspecified atom stereocenters. The molecular weight excluding hydrogens is 396 g/mol. The lowest BCUT2D eigenvalue weighted by Gasteiger charge is -2.40. The molecule has 26 heavy (non-hydrogen) atoms. The fourth-order valence-corrected chi connectivity index (χ4v) is 5.72. The van der Waals surface area contributed by atoms with Gasteiger partial charge in [0.25, 0.3) is 5.69 Å². The summed E-state index contributed by atoms with van der Waals surface area (Å²) in [6.45, 7) is 8.67. The summed E-state index contributed by atoms with van der Waals surface area (Å²) in [6, 6.07) is 5.10. The first-order chi connectivity index (χ1) is 12.3. The van der Waals surface area contributed by atoms with E-state index in [9.17, 15) is 10.1 Å². The number of alkyl halides is 1. The first-order valence-corrected chi connectivity index (χ1v) is 10.0. The Balaban J connectivity index is 1.86. The molecule has 0 saturated heterocycles. The number of nitrogens with zero attached hydrogens (tertiary/aromatic N) is 3. The highest BCUT2D eigenvalue weighted by Gasteiger charge is 2.37. The number of H-pyrrole nitrogens is 1. The van der Waals surface area contributed by atoms with Crippen LogP contribution >= 0.6 is 15.9 Å². The second kappa shape index (κ2) is 7.47. The molecule has 2 aromatic rings.